The van der Waals surface area contributed by atoms with Crippen LogP contribution >= 0.6 is 0 Å². The molecular formula is C7H15N3O4S. The Kier molecular flexibility index (Phi) is 5.87. The minimum atomic E-state index is -3.08. The zero-order chi connectivity index (χ0) is 11.9. The third-order valence-corrected chi connectivity index (χ3v) is 2.37. The predicted molar refractivity (Wildman–Crippen MR) is 54.8 cm³/mol. The van der Waals surface area contributed by atoms with Gasteiger partial charge in [0, 0.05) is 12.8 Å². The molecule has 7 nitrogen and oxygen atoms in total. The van der Waals surface area contributed by atoms with Gasteiger partial charge in [-0.15, -0.1) is 0 Å². The molecule has 8 heteroatoms. The summed E-state index contributed by atoms with van der Waals surface area (Å²) in [5, 5.41) is 4.60. The minimum Gasteiger partial charge on any atom is -0.354 e. The first-order valence-electron chi connectivity index (χ1n) is 4.26. The van der Waals surface area contributed by atoms with Crippen LogP contribution in [0.5, 0.6) is 0 Å². The Labute approximate surface area is 88.3 Å². The minimum absolute atomic E-state index is 0.0379. The van der Waals surface area contributed by atoms with E-state index in [-0.39, 0.29) is 25.4 Å². The van der Waals surface area contributed by atoms with Crippen molar-refractivity contribution in [1.29, 1.82) is 0 Å². The number of rotatable bonds is 6. The molecule has 0 spiro atoms. The Morgan fingerprint density at radius 1 is 1.20 bits per heavy atom. The fourth-order valence-corrected chi connectivity index (χ4v) is 1.16. The van der Waals surface area contributed by atoms with Crippen molar-refractivity contribution in [3.8, 4) is 0 Å². The van der Waals surface area contributed by atoms with Crippen molar-refractivity contribution < 1.29 is 18.0 Å². The van der Waals surface area contributed by atoms with Crippen LogP contribution < -0.4 is 16.4 Å². The van der Waals surface area contributed by atoms with Gasteiger partial charge in [-0.25, -0.2) is 8.42 Å². The Morgan fingerprint density at radius 3 is 2.27 bits per heavy atom. The first kappa shape index (κ1) is 13.8. The SMILES string of the molecule is CS(=O)(=O)CCNC(=O)CNC(=O)CN. The summed E-state index contributed by atoms with van der Waals surface area (Å²) >= 11 is 0. The van der Waals surface area contributed by atoms with Crippen LogP contribution in [0.1, 0.15) is 0 Å². The van der Waals surface area contributed by atoms with Gasteiger partial charge in [0.25, 0.3) is 0 Å². The number of hydrogen-bond donors (Lipinski definition) is 3. The highest BCUT2D eigenvalue weighted by Gasteiger charge is 2.05. The van der Waals surface area contributed by atoms with Gasteiger partial charge >= 0.3 is 0 Å². The maximum Gasteiger partial charge on any atom is 0.239 e. The molecule has 0 rings (SSSR count). The number of carbonyl (C=O) groups is 2. The van der Waals surface area contributed by atoms with Crippen LogP contribution in [0.15, 0.2) is 0 Å². The van der Waals surface area contributed by atoms with Crippen LogP contribution in [-0.4, -0.2) is 51.9 Å². The van der Waals surface area contributed by atoms with E-state index in [2.05, 4.69) is 10.6 Å². The molecule has 0 atom stereocenters. The van der Waals surface area contributed by atoms with Crippen LogP contribution in [0.4, 0.5) is 0 Å². The molecular weight excluding hydrogens is 222 g/mol. The van der Waals surface area contributed by atoms with Crippen LogP contribution in [0.2, 0.25) is 0 Å². The van der Waals surface area contributed by atoms with Gasteiger partial charge in [-0.2, -0.15) is 0 Å². The number of carbonyl (C=O) groups excluding carboxylic acids is 2. The predicted octanol–water partition coefficient (Wildman–Crippen LogP) is -2.78. The van der Waals surface area contributed by atoms with Crippen molar-refractivity contribution in [1.82, 2.24) is 10.6 Å². The molecule has 0 bridgehead atoms. The van der Waals surface area contributed by atoms with E-state index in [4.69, 9.17) is 5.73 Å². The average Bonchev–Trinajstić information content (AvgIpc) is 2.12. The molecule has 0 aromatic rings. The van der Waals surface area contributed by atoms with E-state index < -0.39 is 21.7 Å². The Balaban J connectivity index is 3.63. The number of sulfone groups is 1. The maximum absolute atomic E-state index is 11.0. The summed E-state index contributed by atoms with van der Waals surface area (Å²) in [5.74, 6) is -1.00. The second kappa shape index (κ2) is 6.36. The van der Waals surface area contributed by atoms with Crippen LogP contribution in [0.25, 0.3) is 0 Å². The number of nitrogens with one attached hydrogen (secondary N) is 2. The molecule has 0 aromatic carbocycles. The maximum atomic E-state index is 11.0. The smallest absolute Gasteiger partial charge is 0.239 e. The lowest BCUT2D eigenvalue weighted by atomic mass is 10.5. The summed E-state index contributed by atoms with van der Waals surface area (Å²) in [5.41, 5.74) is 4.99. The lowest BCUT2D eigenvalue weighted by molar-refractivity contribution is -0.125. The quantitative estimate of drug-likeness (QED) is 0.462. The van der Waals surface area contributed by atoms with Gasteiger partial charge in [-0.1, -0.05) is 0 Å². The highest BCUT2D eigenvalue weighted by molar-refractivity contribution is 7.90. The van der Waals surface area contributed by atoms with Crippen molar-refractivity contribution >= 4 is 21.7 Å². The molecule has 4 N–H and O–H groups in total. The normalized spacial score (nSPS) is 10.8. The van der Waals surface area contributed by atoms with E-state index in [0.717, 1.165) is 6.26 Å². The van der Waals surface area contributed by atoms with Crippen molar-refractivity contribution in [3.05, 3.63) is 0 Å². The third kappa shape index (κ3) is 9.16. The molecule has 0 aliphatic rings. The second-order valence-corrected chi connectivity index (χ2v) is 5.22. The number of amides is 2. The van der Waals surface area contributed by atoms with Crippen molar-refractivity contribution in [2.75, 3.05) is 31.6 Å². The monoisotopic (exact) mass is 237 g/mol. The van der Waals surface area contributed by atoms with E-state index in [1.54, 1.807) is 0 Å². The van der Waals surface area contributed by atoms with Crippen LogP contribution in [-0.2, 0) is 19.4 Å². The van der Waals surface area contributed by atoms with Gasteiger partial charge in [-0.3, -0.25) is 9.59 Å². The molecule has 0 saturated carbocycles. The standard InChI is InChI=1S/C7H15N3O4S/c1-15(13,14)3-2-9-7(12)5-10-6(11)4-8/h2-5,8H2,1H3,(H,9,12)(H,10,11). The van der Waals surface area contributed by atoms with Crippen LogP contribution in [0.3, 0.4) is 0 Å². The molecule has 0 saturated heterocycles. The molecule has 0 unspecified atom stereocenters. The Bertz CT molecular complexity index is 325. The molecule has 0 radical (unpaired) electrons. The van der Waals surface area contributed by atoms with E-state index in [0.29, 0.717) is 0 Å². The molecule has 2 amide bonds. The van der Waals surface area contributed by atoms with Crippen molar-refractivity contribution in [3.63, 3.8) is 0 Å². The van der Waals surface area contributed by atoms with E-state index in [1.807, 2.05) is 0 Å². The second-order valence-electron chi connectivity index (χ2n) is 2.96. The van der Waals surface area contributed by atoms with Gasteiger partial charge in [0.1, 0.15) is 9.84 Å². The Morgan fingerprint density at radius 2 is 1.80 bits per heavy atom. The van der Waals surface area contributed by atoms with Crippen molar-refractivity contribution in [2.45, 2.75) is 0 Å². The van der Waals surface area contributed by atoms with Crippen molar-refractivity contribution in [2.24, 2.45) is 5.73 Å². The summed E-state index contributed by atoms with van der Waals surface area (Å²) in [6, 6.07) is 0. The number of nitrogens with two attached hydrogens (primary N) is 1. The zero-order valence-corrected chi connectivity index (χ0v) is 9.26. The third-order valence-electron chi connectivity index (χ3n) is 1.43. The summed E-state index contributed by atoms with van der Waals surface area (Å²) < 4.78 is 21.4. The van der Waals surface area contributed by atoms with Gasteiger partial charge in [0.05, 0.1) is 18.8 Å². The zero-order valence-electron chi connectivity index (χ0n) is 8.45. The van der Waals surface area contributed by atoms with Gasteiger partial charge in [0.2, 0.25) is 11.8 Å². The number of hydrogen-bond acceptors (Lipinski definition) is 5. The molecule has 0 aliphatic carbocycles. The van der Waals surface area contributed by atoms with E-state index in [1.165, 1.54) is 0 Å². The van der Waals surface area contributed by atoms with Crippen LogP contribution in [0, 0.1) is 0 Å². The van der Waals surface area contributed by atoms with Gasteiger partial charge in [0.15, 0.2) is 0 Å². The lowest BCUT2D eigenvalue weighted by Crippen LogP contribution is -2.40. The van der Waals surface area contributed by atoms with Gasteiger partial charge in [-0.05, 0) is 0 Å². The highest BCUT2D eigenvalue weighted by atomic mass is 32.2. The molecule has 0 aliphatic heterocycles. The lowest BCUT2D eigenvalue weighted by Gasteiger charge is -2.05. The summed E-state index contributed by atoms with van der Waals surface area (Å²) in [4.78, 5) is 21.6. The fourth-order valence-electron chi connectivity index (χ4n) is 0.689. The summed E-state index contributed by atoms with van der Waals surface area (Å²) in [6.45, 7) is -0.341. The molecule has 0 heterocycles. The fraction of sp³-hybridized carbons (Fsp3) is 0.714. The molecule has 0 aromatic heterocycles. The molecule has 15 heavy (non-hydrogen) atoms. The summed E-state index contributed by atoms with van der Waals surface area (Å²) in [6.07, 6.45) is 1.08. The summed E-state index contributed by atoms with van der Waals surface area (Å²) in [7, 11) is -3.08. The molecule has 0 fully saturated rings. The first-order chi connectivity index (χ1) is 6.85. The van der Waals surface area contributed by atoms with Gasteiger partial charge < -0.3 is 16.4 Å². The average molecular weight is 237 g/mol. The van der Waals surface area contributed by atoms with E-state index in [9.17, 15) is 18.0 Å². The largest absolute Gasteiger partial charge is 0.354 e. The molecule has 88 valence electrons. The van der Waals surface area contributed by atoms with E-state index >= 15 is 0 Å². The highest BCUT2D eigenvalue weighted by Crippen LogP contribution is 1.79. The Hall–Kier alpha value is -1.15. The topological polar surface area (TPSA) is 118 Å². The first-order valence-corrected chi connectivity index (χ1v) is 6.32.